The van der Waals surface area contributed by atoms with Crippen molar-refractivity contribution in [1.82, 2.24) is 4.90 Å². The van der Waals surface area contributed by atoms with Crippen LogP contribution in [0, 0.1) is 0 Å². The van der Waals surface area contributed by atoms with Gasteiger partial charge in [-0.2, -0.15) is 13.2 Å². The van der Waals surface area contributed by atoms with Crippen LogP contribution in [0.4, 0.5) is 17.6 Å². The predicted octanol–water partition coefficient (Wildman–Crippen LogP) is 4.91. The molecular weight excluding hydrogens is 378 g/mol. The van der Waals surface area contributed by atoms with Gasteiger partial charge in [0.2, 0.25) is 5.91 Å². The van der Waals surface area contributed by atoms with Crippen molar-refractivity contribution >= 4 is 5.91 Å². The van der Waals surface area contributed by atoms with E-state index in [1.165, 1.54) is 36.2 Å². The fourth-order valence-corrected chi connectivity index (χ4v) is 2.98. The van der Waals surface area contributed by atoms with E-state index in [1.807, 2.05) is 0 Å². The van der Waals surface area contributed by atoms with E-state index in [2.05, 4.69) is 6.58 Å². The zero-order valence-electron chi connectivity index (χ0n) is 14.9. The van der Waals surface area contributed by atoms with Gasteiger partial charge in [0.05, 0.1) is 11.6 Å². The largest absolute Gasteiger partial charge is 0.490 e. The minimum atomic E-state index is -4.43. The van der Waals surface area contributed by atoms with Crippen LogP contribution >= 0.6 is 0 Å². The molecule has 8 heteroatoms. The molecule has 0 N–H and O–H groups in total. The third-order valence-corrected chi connectivity index (χ3v) is 4.40. The molecule has 28 heavy (non-hydrogen) atoms. The van der Waals surface area contributed by atoms with Crippen molar-refractivity contribution in [1.29, 1.82) is 0 Å². The van der Waals surface area contributed by atoms with Crippen LogP contribution in [0.2, 0.25) is 0 Å². The summed E-state index contributed by atoms with van der Waals surface area (Å²) in [5.41, 5.74) is -0.309. The van der Waals surface area contributed by atoms with E-state index < -0.39 is 29.9 Å². The second kappa shape index (κ2) is 7.53. The molecule has 0 saturated heterocycles. The van der Waals surface area contributed by atoms with Gasteiger partial charge in [-0.05, 0) is 42.5 Å². The molecule has 0 aromatic heterocycles. The first-order chi connectivity index (χ1) is 13.2. The average molecular weight is 395 g/mol. The summed E-state index contributed by atoms with van der Waals surface area (Å²) in [5, 5.41) is 0. The van der Waals surface area contributed by atoms with Crippen molar-refractivity contribution in [3.05, 3.63) is 66.2 Å². The molecule has 1 heterocycles. The Labute approximate surface area is 159 Å². The third-order valence-electron chi connectivity index (χ3n) is 4.40. The van der Waals surface area contributed by atoms with Crippen molar-refractivity contribution in [2.24, 2.45) is 0 Å². The first-order valence-corrected chi connectivity index (χ1v) is 8.36. The van der Waals surface area contributed by atoms with E-state index in [4.69, 9.17) is 9.47 Å². The smallest absolute Gasteiger partial charge is 0.416 e. The molecule has 3 rings (SSSR count). The zero-order valence-corrected chi connectivity index (χ0v) is 14.9. The van der Waals surface area contributed by atoms with Gasteiger partial charge in [0.15, 0.2) is 6.17 Å². The van der Waals surface area contributed by atoms with Crippen molar-refractivity contribution in [2.75, 3.05) is 13.7 Å². The summed E-state index contributed by atoms with van der Waals surface area (Å²) >= 11 is 0. The highest BCUT2D eigenvalue weighted by Crippen LogP contribution is 2.40. The summed E-state index contributed by atoms with van der Waals surface area (Å²) in [6, 6.07) is 8.04. The molecule has 2 aromatic rings. The van der Waals surface area contributed by atoms with E-state index in [0.29, 0.717) is 17.1 Å². The Kier molecular flexibility index (Phi) is 5.31. The highest BCUT2D eigenvalue weighted by Gasteiger charge is 2.36. The molecule has 0 unspecified atom stereocenters. The zero-order chi connectivity index (χ0) is 20.5. The first-order valence-electron chi connectivity index (χ1n) is 8.36. The number of ether oxygens (including phenoxy) is 2. The lowest BCUT2D eigenvalue weighted by atomic mass is 9.97. The number of benzene rings is 2. The summed E-state index contributed by atoms with van der Waals surface area (Å²) < 4.78 is 63.2. The lowest BCUT2D eigenvalue weighted by molar-refractivity contribution is -0.137. The Hall–Kier alpha value is -3.03. The Morgan fingerprint density at radius 1 is 1.21 bits per heavy atom. The molecule has 1 aliphatic rings. The standard InChI is InChI=1S/C20H17F4NO3/c1-3-18(26)25(2)19-15-9-8-14(10-17(15)27-11-16(19)21)28-13-6-4-12(5-7-13)20(22,23)24/h3-10,16,19H,1,11H2,2H3/t16-,19+/m0/s1. The summed E-state index contributed by atoms with van der Waals surface area (Å²) in [4.78, 5) is 13.1. The van der Waals surface area contributed by atoms with E-state index in [-0.39, 0.29) is 12.4 Å². The Balaban J connectivity index is 1.83. The number of rotatable bonds is 4. The normalized spacial score (nSPS) is 18.6. The van der Waals surface area contributed by atoms with Crippen LogP contribution in [0.25, 0.3) is 0 Å². The molecule has 2 aromatic carbocycles. The summed E-state index contributed by atoms with van der Waals surface area (Å²) in [5.74, 6) is 0.438. The van der Waals surface area contributed by atoms with Crippen molar-refractivity contribution in [2.45, 2.75) is 18.4 Å². The van der Waals surface area contributed by atoms with Gasteiger partial charge in [-0.15, -0.1) is 0 Å². The van der Waals surface area contributed by atoms with Gasteiger partial charge in [-0.3, -0.25) is 4.79 Å². The summed E-state index contributed by atoms with van der Waals surface area (Å²) in [6.07, 6.45) is -4.74. The molecular formula is C20H17F4NO3. The third kappa shape index (κ3) is 3.95. The van der Waals surface area contributed by atoms with E-state index in [0.717, 1.165) is 18.2 Å². The quantitative estimate of drug-likeness (QED) is 0.545. The minimum absolute atomic E-state index is 0.211. The highest BCUT2D eigenvalue weighted by molar-refractivity contribution is 5.87. The molecule has 1 amide bonds. The van der Waals surface area contributed by atoms with Crippen molar-refractivity contribution in [3.63, 3.8) is 0 Å². The maximum Gasteiger partial charge on any atom is 0.416 e. The Morgan fingerprint density at radius 3 is 2.46 bits per heavy atom. The molecule has 0 aliphatic carbocycles. The number of fused-ring (bicyclic) bond motifs is 1. The maximum atomic E-state index is 14.4. The lowest BCUT2D eigenvalue weighted by Crippen LogP contribution is -2.40. The lowest BCUT2D eigenvalue weighted by Gasteiger charge is -2.35. The molecule has 148 valence electrons. The summed E-state index contributed by atoms with van der Waals surface area (Å²) in [6.45, 7) is 3.16. The molecule has 4 nitrogen and oxygen atoms in total. The molecule has 0 bridgehead atoms. The number of carbonyl (C=O) groups excluding carboxylic acids is 1. The predicted molar refractivity (Wildman–Crippen MR) is 94.1 cm³/mol. The van der Waals surface area contributed by atoms with Crippen LogP contribution in [0.5, 0.6) is 17.2 Å². The molecule has 2 atom stereocenters. The number of hydrogen-bond donors (Lipinski definition) is 0. The second-order valence-corrected chi connectivity index (χ2v) is 6.25. The van der Waals surface area contributed by atoms with Gasteiger partial charge in [-0.25, -0.2) is 4.39 Å². The van der Waals surface area contributed by atoms with Gasteiger partial charge < -0.3 is 14.4 Å². The molecule has 0 spiro atoms. The van der Waals surface area contributed by atoms with E-state index in [1.54, 1.807) is 6.07 Å². The van der Waals surface area contributed by atoms with E-state index >= 15 is 0 Å². The Morgan fingerprint density at radius 2 is 1.86 bits per heavy atom. The number of alkyl halides is 4. The average Bonchev–Trinajstić information content (AvgIpc) is 2.66. The van der Waals surface area contributed by atoms with Crippen LogP contribution in [0.15, 0.2) is 55.1 Å². The summed E-state index contributed by atoms with van der Waals surface area (Å²) in [7, 11) is 1.48. The fraction of sp³-hybridized carbons (Fsp3) is 0.250. The second-order valence-electron chi connectivity index (χ2n) is 6.25. The number of likely N-dealkylation sites (N-methyl/N-ethyl adjacent to an activating group) is 1. The van der Waals surface area contributed by atoms with Crippen molar-refractivity contribution in [3.8, 4) is 17.2 Å². The van der Waals surface area contributed by atoms with Crippen LogP contribution in [0.3, 0.4) is 0 Å². The topological polar surface area (TPSA) is 38.8 Å². The van der Waals surface area contributed by atoms with Gasteiger partial charge in [0.1, 0.15) is 23.9 Å². The molecule has 0 saturated carbocycles. The van der Waals surface area contributed by atoms with Gasteiger partial charge in [0, 0.05) is 18.7 Å². The number of nitrogens with zero attached hydrogens (tertiary/aromatic N) is 1. The highest BCUT2D eigenvalue weighted by atomic mass is 19.4. The van der Waals surface area contributed by atoms with Gasteiger partial charge in [-0.1, -0.05) is 6.58 Å². The minimum Gasteiger partial charge on any atom is -0.490 e. The Bertz CT molecular complexity index is 880. The van der Waals surface area contributed by atoms with Gasteiger partial charge in [0.25, 0.3) is 0 Å². The fourth-order valence-electron chi connectivity index (χ4n) is 2.98. The monoisotopic (exact) mass is 395 g/mol. The van der Waals surface area contributed by atoms with Crippen LogP contribution in [0.1, 0.15) is 17.2 Å². The molecule has 0 radical (unpaired) electrons. The number of halogens is 4. The first kappa shape index (κ1) is 19.7. The van der Waals surface area contributed by atoms with Gasteiger partial charge >= 0.3 is 6.18 Å². The molecule has 0 fully saturated rings. The maximum absolute atomic E-state index is 14.4. The van der Waals surface area contributed by atoms with Crippen LogP contribution in [-0.4, -0.2) is 30.6 Å². The molecule has 1 aliphatic heterocycles. The van der Waals surface area contributed by atoms with Crippen LogP contribution < -0.4 is 9.47 Å². The van der Waals surface area contributed by atoms with Crippen molar-refractivity contribution < 1.29 is 31.8 Å². The number of amides is 1. The van der Waals surface area contributed by atoms with Crippen LogP contribution in [-0.2, 0) is 11.0 Å². The number of carbonyl (C=O) groups is 1. The number of hydrogen-bond acceptors (Lipinski definition) is 3. The van der Waals surface area contributed by atoms with E-state index in [9.17, 15) is 22.4 Å². The SMILES string of the molecule is C=CC(=O)N(C)[C@@H]1c2ccc(Oc3ccc(C(F)(F)F)cc3)cc2OC[C@@H]1F.